The predicted molar refractivity (Wildman–Crippen MR) is 116 cm³/mol. The lowest BCUT2D eigenvalue weighted by molar-refractivity contribution is -0.115. The first-order valence-electron chi connectivity index (χ1n) is 9.04. The molecule has 4 heteroatoms. The number of hydrogen-bond acceptors (Lipinski definition) is 2. The minimum Gasteiger partial charge on any atom is -0.273 e. The van der Waals surface area contributed by atoms with E-state index < -0.39 is 0 Å². The van der Waals surface area contributed by atoms with Crippen LogP contribution in [-0.2, 0) is 4.79 Å². The third-order valence-electron chi connectivity index (χ3n) is 4.65. The molecule has 1 heterocycles. The van der Waals surface area contributed by atoms with Crippen LogP contribution in [0, 0.1) is 0 Å². The van der Waals surface area contributed by atoms with Gasteiger partial charge in [-0.2, -0.15) is 0 Å². The maximum absolute atomic E-state index is 11.9. The van der Waals surface area contributed by atoms with Crippen molar-refractivity contribution in [1.29, 1.82) is 0 Å². The van der Waals surface area contributed by atoms with Crippen molar-refractivity contribution in [2.75, 3.05) is 0 Å². The van der Waals surface area contributed by atoms with Crippen molar-refractivity contribution in [1.82, 2.24) is 0 Å². The zero-order valence-corrected chi connectivity index (χ0v) is 17.3. The number of aliphatic imine (C=N–C) groups is 1. The Hall–Kier alpha value is -2.17. The van der Waals surface area contributed by atoms with Gasteiger partial charge in [0.1, 0.15) is 0 Å². The van der Waals surface area contributed by atoms with Gasteiger partial charge in [-0.1, -0.05) is 43.0 Å². The van der Waals surface area contributed by atoms with Crippen molar-refractivity contribution in [3.63, 3.8) is 0 Å². The van der Waals surface area contributed by atoms with Crippen molar-refractivity contribution in [3.8, 4) is 0 Å². The second kappa shape index (κ2) is 7.45. The molecule has 0 fully saturated rings. The molecular formula is C23H21NOS2. The molecule has 0 aromatic heterocycles. The molecule has 0 unspecified atom stereocenters. The summed E-state index contributed by atoms with van der Waals surface area (Å²) in [6, 6.07) is 17.2. The van der Waals surface area contributed by atoms with Gasteiger partial charge in [0.25, 0.3) is 0 Å². The number of hydrogen-bond donors (Lipinski definition) is 0. The Balaban J connectivity index is 2.07. The number of benzene rings is 2. The van der Waals surface area contributed by atoms with Gasteiger partial charge in [0, 0.05) is 31.4 Å². The summed E-state index contributed by atoms with van der Waals surface area (Å²) >= 11 is 1.82. The summed E-state index contributed by atoms with van der Waals surface area (Å²) < 4.78 is 0. The van der Waals surface area contributed by atoms with Gasteiger partial charge in [0.15, 0.2) is 0 Å². The van der Waals surface area contributed by atoms with E-state index in [2.05, 4.69) is 79.5 Å². The normalized spacial score (nSPS) is 17.9. The molecule has 2 aromatic carbocycles. The monoisotopic (exact) mass is 391 g/mol. The van der Waals surface area contributed by atoms with E-state index in [1.165, 1.54) is 37.7 Å². The Morgan fingerprint density at radius 3 is 2.15 bits per heavy atom. The molecule has 27 heavy (non-hydrogen) atoms. The van der Waals surface area contributed by atoms with E-state index in [4.69, 9.17) is 0 Å². The van der Waals surface area contributed by atoms with E-state index in [9.17, 15) is 4.79 Å². The summed E-state index contributed by atoms with van der Waals surface area (Å²) in [5.41, 5.74) is 3.32. The molecule has 0 bridgehead atoms. The molecule has 0 spiro atoms. The van der Waals surface area contributed by atoms with Crippen LogP contribution in [0.1, 0.15) is 27.2 Å². The Bertz CT molecular complexity index is 1030. The van der Waals surface area contributed by atoms with Crippen molar-refractivity contribution < 1.29 is 4.79 Å². The van der Waals surface area contributed by atoms with Crippen LogP contribution in [0.25, 0.3) is 0 Å². The minimum absolute atomic E-state index is 0.154. The number of fused-ring (bicyclic) bond motifs is 2. The Labute approximate surface area is 167 Å². The smallest absolute Gasteiger partial charge is 0.243 e. The highest BCUT2D eigenvalue weighted by Crippen LogP contribution is 2.53. The minimum atomic E-state index is -0.273. The quantitative estimate of drug-likeness (QED) is 0.456. The molecule has 0 saturated heterocycles. The van der Waals surface area contributed by atoms with Crippen molar-refractivity contribution in [2.45, 2.75) is 46.8 Å². The van der Waals surface area contributed by atoms with Gasteiger partial charge in [0.2, 0.25) is 5.91 Å². The number of nitrogens with zero attached hydrogens (tertiary/aromatic N) is 1. The van der Waals surface area contributed by atoms with Crippen LogP contribution in [0.2, 0.25) is 0 Å². The van der Waals surface area contributed by atoms with Gasteiger partial charge in [-0.3, -0.25) is 4.79 Å². The Morgan fingerprint density at radius 2 is 1.59 bits per heavy atom. The summed E-state index contributed by atoms with van der Waals surface area (Å²) in [4.78, 5) is 22.6. The summed E-state index contributed by atoms with van der Waals surface area (Å²) in [7, 11) is -0.273. The van der Waals surface area contributed by atoms with Crippen LogP contribution in [0.4, 0.5) is 0 Å². The molecule has 0 saturated carbocycles. The Morgan fingerprint density at radius 1 is 1.00 bits per heavy atom. The molecule has 2 aliphatic rings. The number of amides is 1. The summed E-state index contributed by atoms with van der Waals surface area (Å²) in [5.74, 6) is -0.154. The van der Waals surface area contributed by atoms with Gasteiger partial charge < -0.3 is 0 Å². The molecule has 1 amide bonds. The van der Waals surface area contributed by atoms with E-state index in [-0.39, 0.29) is 16.4 Å². The maximum atomic E-state index is 11.9. The van der Waals surface area contributed by atoms with Gasteiger partial charge in [-0.25, -0.2) is 4.99 Å². The summed E-state index contributed by atoms with van der Waals surface area (Å²) in [6.07, 6.45) is 5.28. The van der Waals surface area contributed by atoms with Crippen LogP contribution in [0.5, 0.6) is 0 Å². The molecule has 136 valence electrons. The standard InChI is InChI=1S/C23H21NOS2/c1-4-17-14-18(24-16(3)25)23(13-15(17)2)27-21-11-7-5-9-19(21)26-20-10-6-8-12-22(20)27/h5-14H,4H2,1-3H3. The zero-order valence-electron chi connectivity index (χ0n) is 15.7. The lowest BCUT2D eigenvalue weighted by atomic mass is 9.96. The average Bonchev–Trinajstić information content (AvgIpc) is 2.67. The van der Waals surface area contributed by atoms with Crippen molar-refractivity contribution in [3.05, 3.63) is 71.8 Å². The molecule has 0 N–H and O–H groups in total. The van der Waals surface area contributed by atoms with Gasteiger partial charge in [-0.15, -0.1) is 10.5 Å². The summed E-state index contributed by atoms with van der Waals surface area (Å²) in [6.45, 7) is 5.82. The maximum Gasteiger partial charge on any atom is 0.243 e. The first-order chi connectivity index (χ1) is 13.1. The molecule has 0 radical (unpaired) electrons. The van der Waals surface area contributed by atoms with Crippen molar-refractivity contribution in [2.24, 2.45) is 4.99 Å². The fraction of sp³-hybridized carbons (Fsp3) is 0.174. The third kappa shape index (κ3) is 3.40. The predicted octanol–water partition coefficient (Wildman–Crippen LogP) is 6.29. The van der Waals surface area contributed by atoms with Gasteiger partial charge in [-0.05, 0) is 60.9 Å². The Kier molecular flexibility index (Phi) is 5.02. The topological polar surface area (TPSA) is 29.4 Å². The molecule has 1 aliphatic carbocycles. The first kappa shape index (κ1) is 18.2. The first-order valence-corrected chi connectivity index (χ1v) is 11.1. The highest BCUT2D eigenvalue weighted by Gasteiger charge is 2.25. The number of carbonyl (C=O) groups excluding carboxylic acids is 1. The van der Waals surface area contributed by atoms with Crippen LogP contribution in [-0.4, -0.2) is 16.5 Å². The van der Waals surface area contributed by atoms with Gasteiger partial charge in [0.05, 0.1) is 5.71 Å². The second-order valence-electron chi connectivity index (χ2n) is 6.53. The number of carbonyl (C=O) groups is 1. The van der Waals surface area contributed by atoms with E-state index in [1.807, 2.05) is 11.8 Å². The SMILES string of the molecule is CCC1=CC(=NC(C)=O)C(=S2c3ccccc3Sc3ccccc32)C=C1C. The second-order valence-corrected chi connectivity index (χ2v) is 9.55. The number of rotatable bonds is 1. The fourth-order valence-electron chi connectivity index (χ4n) is 3.39. The summed E-state index contributed by atoms with van der Waals surface area (Å²) in [5, 5.41) is 0. The van der Waals surface area contributed by atoms with Crippen LogP contribution in [0.15, 0.2) is 96.4 Å². The lowest BCUT2D eigenvalue weighted by Gasteiger charge is -2.27. The third-order valence-corrected chi connectivity index (χ3v) is 8.42. The van der Waals surface area contributed by atoms with Crippen LogP contribution in [0.3, 0.4) is 0 Å². The van der Waals surface area contributed by atoms with Gasteiger partial charge >= 0.3 is 0 Å². The molecule has 0 atom stereocenters. The highest BCUT2D eigenvalue weighted by molar-refractivity contribution is 8.18. The molecular weight excluding hydrogens is 370 g/mol. The molecule has 2 nitrogen and oxygen atoms in total. The van der Waals surface area contributed by atoms with E-state index in [0.717, 1.165) is 17.0 Å². The molecule has 4 rings (SSSR count). The van der Waals surface area contributed by atoms with E-state index in [0.29, 0.717) is 0 Å². The molecule has 2 aromatic rings. The molecule has 1 aliphatic heterocycles. The average molecular weight is 392 g/mol. The van der Waals surface area contributed by atoms with Crippen molar-refractivity contribution >= 4 is 38.7 Å². The van der Waals surface area contributed by atoms with E-state index in [1.54, 1.807) is 0 Å². The number of allylic oxidation sites excluding steroid dienone is 4. The lowest BCUT2D eigenvalue weighted by Crippen LogP contribution is -2.18. The highest BCUT2D eigenvalue weighted by atomic mass is 32.2. The van der Waals surface area contributed by atoms with Crippen LogP contribution >= 0.6 is 22.2 Å². The van der Waals surface area contributed by atoms with Crippen LogP contribution < -0.4 is 0 Å². The zero-order chi connectivity index (χ0) is 19.0. The van der Waals surface area contributed by atoms with E-state index >= 15 is 0 Å². The fourth-order valence-corrected chi connectivity index (χ4v) is 7.30. The largest absolute Gasteiger partial charge is 0.273 e.